The molecule has 7 rings (SSSR count). The van der Waals surface area contributed by atoms with Gasteiger partial charge in [-0.15, -0.1) is 0 Å². The molecule has 0 aromatic heterocycles. The molecule has 10 heteroatoms. The van der Waals surface area contributed by atoms with Crippen LogP contribution in [0.4, 0.5) is 11.4 Å². The summed E-state index contributed by atoms with van der Waals surface area (Å²) in [5.74, 6) is -1.53. The number of anilines is 1. The second kappa shape index (κ2) is 32.5. The van der Waals surface area contributed by atoms with E-state index in [1.54, 1.807) is 24.3 Å². The van der Waals surface area contributed by atoms with Gasteiger partial charge >= 0.3 is 0 Å². The summed E-state index contributed by atoms with van der Waals surface area (Å²) >= 11 is 0. The summed E-state index contributed by atoms with van der Waals surface area (Å²) in [5.41, 5.74) is 8.47. The van der Waals surface area contributed by atoms with Crippen LogP contribution in [0, 0.1) is 10.1 Å². The van der Waals surface area contributed by atoms with Crippen LogP contribution in [-0.4, -0.2) is 50.4 Å². The summed E-state index contributed by atoms with van der Waals surface area (Å²) in [5, 5.41) is 17.2. The fourth-order valence-corrected chi connectivity index (χ4v) is 13.9. The van der Waals surface area contributed by atoms with Gasteiger partial charge in [0, 0.05) is 61.9 Å². The summed E-state index contributed by atoms with van der Waals surface area (Å²) < 4.78 is 0. The van der Waals surface area contributed by atoms with Gasteiger partial charge in [-0.05, 0) is 54.7 Å². The van der Waals surface area contributed by atoms with Crippen LogP contribution in [0.2, 0.25) is 0 Å². The molecular weight excluding hydrogens is 993 g/mol. The van der Waals surface area contributed by atoms with Gasteiger partial charge in [-0.2, -0.15) is 0 Å². The first-order chi connectivity index (χ1) is 39.1. The first-order valence-corrected chi connectivity index (χ1v) is 33.0. The molecule has 4 amide bonds. The van der Waals surface area contributed by atoms with Crippen molar-refractivity contribution in [2.24, 2.45) is 0 Å². The molecule has 5 aromatic carbocycles. The van der Waals surface area contributed by atoms with Crippen molar-refractivity contribution in [3.63, 3.8) is 0 Å². The Morgan fingerprint density at radius 2 is 0.637 bits per heavy atom. The van der Waals surface area contributed by atoms with E-state index in [9.17, 15) is 10.1 Å². The third kappa shape index (κ3) is 15.3. The number of hydrogen-bond acceptors (Lipinski definition) is 7. The number of nitro groups is 1. The molecule has 80 heavy (non-hydrogen) atoms. The van der Waals surface area contributed by atoms with E-state index < -0.39 is 10.8 Å². The Kier molecular flexibility index (Phi) is 25.4. The number of imide groups is 2. The molecule has 2 N–H and O–H groups in total. The summed E-state index contributed by atoms with van der Waals surface area (Å²) in [6.07, 6.45) is 45.3. The first kappa shape index (κ1) is 62.5. The number of benzene rings is 5. The molecule has 0 saturated heterocycles. The Labute approximate surface area is 481 Å². The molecule has 0 fully saturated rings. The van der Waals surface area contributed by atoms with Crippen molar-refractivity contribution >= 4 is 78.1 Å². The van der Waals surface area contributed by atoms with Gasteiger partial charge in [0.25, 0.3) is 29.3 Å². The number of nitrogen functional groups attached to an aromatic ring is 1. The Morgan fingerprint density at radius 1 is 0.362 bits per heavy atom. The number of amides is 4. The minimum absolute atomic E-state index is 0.162. The zero-order chi connectivity index (χ0) is 56.8. The van der Waals surface area contributed by atoms with E-state index in [1.807, 2.05) is 6.07 Å². The van der Waals surface area contributed by atoms with Crippen molar-refractivity contribution in [2.45, 2.75) is 297 Å². The van der Waals surface area contributed by atoms with Crippen LogP contribution >= 0.6 is 0 Å². The van der Waals surface area contributed by atoms with Gasteiger partial charge in [-0.3, -0.25) is 39.1 Å². The standard InChI is InChI=1S/C70H102N4O6/c1-5-9-13-17-21-25-29-33-37-41-51(42-38-34-30-26-22-18-14-10-6-2)72-67(75)55-48-46-54-64-60(74(79)80)50-58-62-56(47-45-53(66(62)64)63-59(71)49-57(69(72)77)61(55)65(54)63)68(76)73(70(58)78)52(43-39-35-31-27-23-19-15-11-7-3)44-40-36-32-28-24-20-16-12-8-4/h45-52H,5-44,71H2,1-4H3. The highest BCUT2D eigenvalue weighted by Gasteiger charge is 2.42. The normalized spacial score (nSPS) is 13.7. The van der Waals surface area contributed by atoms with Gasteiger partial charge in [0.05, 0.1) is 21.4 Å². The number of unbranched alkanes of at least 4 members (excludes halogenated alkanes) is 32. The number of non-ortho nitro benzene ring substituents is 1. The molecule has 0 saturated carbocycles. The van der Waals surface area contributed by atoms with Crippen LogP contribution in [0.3, 0.4) is 0 Å². The lowest BCUT2D eigenvalue weighted by Gasteiger charge is -2.35. The highest BCUT2D eigenvalue weighted by atomic mass is 16.6. The van der Waals surface area contributed by atoms with E-state index in [0.717, 1.165) is 89.9 Å². The Hall–Kier alpha value is -5.12. The average molecular weight is 1100 g/mol. The molecule has 2 heterocycles. The second-order valence-corrected chi connectivity index (χ2v) is 24.5. The third-order valence-electron chi connectivity index (χ3n) is 18.4. The molecule has 10 nitrogen and oxygen atoms in total. The molecule has 438 valence electrons. The Balaban J connectivity index is 1.19. The van der Waals surface area contributed by atoms with Crippen LogP contribution in [0.1, 0.15) is 326 Å². The van der Waals surface area contributed by atoms with Crippen LogP contribution in [0.15, 0.2) is 36.4 Å². The average Bonchev–Trinajstić information content (AvgIpc) is 3.51. The molecule has 0 aliphatic carbocycles. The van der Waals surface area contributed by atoms with E-state index in [-0.39, 0.29) is 46.4 Å². The number of nitrogens with zero attached hydrogens (tertiary/aromatic N) is 3. The van der Waals surface area contributed by atoms with Crippen molar-refractivity contribution in [1.29, 1.82) is 0 Å². The summed E-state index contributed by atoms with van der Waals surface area (Å²) in [7, 11) is 0. The topological polar surface area (TPSA) is 144 Å². The molecule has 0 radical (unpaired) electrons. The summed E-state index contributed by atoms with van der Waals surface area (Å²) in [6, 6.07) is 9.63. The van der Waals surface area contributed by atoms with E-state index in [1.165, 1.54) is 170 Å². The largest absolute Gasteiger partial charge is 0.398 e. The lowest BCUT2D eigenvalue weighted by Crippen LogP contribution is -2.47. The maximum atomic E-state index is 15.2. The molecule has 0 atom stereocenters. The van der Waals surface area contributed by atoms with Crippen LogP contribution < -0.4 is 5.73 Å². The van der Waals surface area contributed by atoms with Crippen molar-refractivity contribution in [3.8, 4) is 0 Å². The van der Waals surface area contributed by atoms with Crippen molar-refractivity contribution in [1.82, 2.24) is 9.80 Å². The molecule has 0 unspecified atom stereocenters. The van der Waals surface area contributed by atoms with Crippen molar-refractivity contribution in [3.05, 3.63) is 68.8 Å². The maximum Gasteiger partial charge on any atom is 0.278 e. The van der Waals surface area contributed by atoms with E-state index in [4.69, 9.17) is 5.73 Å². The molecule has 2 aliphatic rings. The quantitative estimate of drug-likeness (QED) is 0.00778. The number of hydrogen-bond donors (Lipinski definition) is 1. The van der Waals surface area contributed by atoms with Crippen LogP contribution in [0.5, 0.6) is 0 Å². The molecule has 2 aliphatic heterocycles. The zero-order valence-electron chi connectivity index (χ0n) is 50.3. The van der Waals surface area contributed by atoms with Gasteiger partial charge in [0.1, 0.15) is 0 Å². The summed E-state index contributed by atoms with van der Waals surface area (Å²) in [4.78, 5) is 76.6. The zero-order valence-corrected chi connectivity index (χ0v) is 50.3. The number of nitro benzene ring substituents is 1. The second-order valence-electron chi connectivity index (χ2n) is 24.5. The lowest BCUT2D eigenvalue weighted by atomic mass is 9.80. The predicted octanol–water partition coefficient (Wildman–Crippen LogP) is 20.8. The van der Waals surface area contributed by atoms with Gasteiger partial charge in [0.15, 0.2) is 0 Å². The number of rotatable bonds is 43. The highest BCUT2D eigenvalue weighted by molar-refractivity contribution is 6.44. The smallest absolute Gasteiger partial charge is 0.278 e. The Bertz CT molecular complexity index is 2770. The Morgan fingerprint density at radius 3 is 0.963 bits per heavy atom. The van der Waals surface area contributed by atoms with E-state index >= 15 is 19.2 Å². The van der Waals surface area contributed by atoms with Crippen molar-refractivity contribution in [2.75, 3.05) is 5.73 Å². The number of fused-ring (bicyclic) bond motifs is 2. The first-order valence-electron chi connectivity index (χ1n) is 33.0. The van der Waals surface area contributed by atoms with Gasteiger partial charge in [-0.1, -0.05) is 271 Å². The molecular formula is C70H102N4O6. The third-order valence-corrected chi connectivity index (χ3v) is 18.4. The fourth-order valence-electron chi connectivity index (χ4n) is 13.9. The van der Waals surface area contributed by atoms with Crippen molar-refractivity contribution < 1.29 is 24.1 Å². The van der Waals surface area contributed by atoms with Gasteiger partial charge in [0.2, 0.25) is 0 Å². The minimum atomic E-state index is -0.481. The van der Waals surface area contributed by atoms with Crippen LogP contribution in [-0.2, 0) is 0 Å². The number of carbonyl (C=O) groups is 4. The van der Waals surface area contributed by atoms with Crippen LogP contribution in [0.25, 0.3) is 43.1 Å². The van der Waals surface area contributed by atoms with E-state index in [2.05, 4.69) is 27.7 Å². The van der Waals surface area contributed by atoms with Gasteiger partial charge in [-0.25, -0.2) is 0 Å². The summed E-state index contributed by atoms with van der Waals surface area (Å²) in [6.45, 7) is 8.96. The monoisotopic (exact) mass is 1090 g/mol. The minimum Gasteiger partial charge on any atom is -0.398 e. The molecule has 5 aromatic rings. The lowest BCUT2D eigenvalue weighted by molar-refractivity contribution is -0.383. The van der Waals surface area contributed by atoms with E-state index in [0.29, 0.717) is 72.9 Å². The molecule has 0 spiro atoms. The number of carbonyl (C=O) groups excluding carboxylic acids is 4. The SMILES string of the molecule is CCCCCCCCCCCC(CCCCCCCCCCC)N1C(=O)c2ccc3c4c([N+](=O)[O-])cc5c6c(ccc(c7c(N)cc(c2c37)C1=O)c64)C(=O)N(C(CCCCCCCCCCC)CCCCCCCCCCC)C5=O. The predicted molar refractivity (Wildman–Crippen MR) is 335 cm³/mol. The fraction of sp³-hybridized carbons (Fsp3) is 0.657. The highest BCUT2D eigenvalue weighted by Crippen LogP contribution is 2.51. The number of nitrogens with two attached hydrogens (primary N) is 1. The maximum absolute atomic E-state index is 15.2. The van der Waals surface area contributed by atoms with Gasteiger partial charge < -0.3 is 5.73 Å². The molecule has 0 bridgehead atoms.